The maximum Gasteiger partial charge on any atom is 0.186 e. The average molecular weight is 311 g/mol. The Morgan fingerprint density at radius 1 is 1.43 bits per heavy atom. The molecule has 0 spiro atoms. The summed E-state index contributed by atoms with van der Waals surface area (Å²) in [4.78, 5) is 8.72. The third-order valence-corrected chi connectivity index (χ3v) is 5.03. The molecule has 0 amide bonds. The van der Waals surface area contributed by atoms with E-state index < -0.39 is 0 Å². The number of hydrogen-bond donors (Lipinski definition) is 1. The number of aryl methyl sites for hydroxylation is 1. The van der Waals surface area contributed by atoms with Crippen LogP contribution in [0, 0.1) is 12.8 Å². The van der Waals surface area contributed by atoms with Gasteiger partial charge in [0.25, 0.3) is 0 Å². The highest BCUT2D eigenvalue weighted by atomic mass is 32.1. The van der Waals surface area contributed by atoms with Crippen LogP contribution in [-0.2, 0) is 11.3 Å². The molecule has 120 valence electrons. The molecule has 0 radical (unpaired) electrons. The molecule has 0 aromatic carbocycles. The minimum absolute atomic E-state index is 0.739. The Bertz CT molecular complexity index is 429. The van der Waals surface area contributed by atoms with Gasteiger partial charge in [0, 0.05) is 37.7 Å². The van der Waals surface area contributed by atoms with Gasteiger partial charge in [-0.3, -0.25) is 0 Å². The Balaban J connectivity index is 1.94. The van der Waals surface area contributed by atoms with E-state index in [4.69, 9.17) is 9.72 Å². The van der Waals surface area contributed by atoms with Crippen LogP contribution in [0.3, 0.4) is 0 Å². The van der Waals surface area contributed by atoms with Crippen LogP contribution in [0.4, 0.5) is 5.13 Å². The Labute approximate surface area is 132 Å². The summed E-state index contributed by atoms with van der Waals surface area (Å²) < 4.78 is 5.06. The highest BCUT2D eigenvalue weighted by Gasteiger charge is 2.31. The lowest BCUT2D eigenvalue weighted by atomic mass is 10.1. The molecule has 1 heterocycles. The zero-order valence-electron chi connectivity index (χ0n) is 13.8. The highest BCUT2D eigenvalue weighted by molar-refractivity contribution is 7.15. The monoisotopic (exact) mass is 311 g/mol. The molecule has 1 aliphatic rings. The molecule has 1 fully saturated rings. The van der Waals surface area contributed by atoms with Crippen LogP contribution in [0.25, 0.3) is 0 Å². The number of nitrogens with one attached hydrogen (secondary N) is 1. The third kappa shape index (κ3) is 5.24. The Morgan fingerprint density at radius 3 is 2.81 bits per heavy atom. The van der Waals surface area contributed by atoms with Gasteiger partial charge in [-0.1, -0.05) is 13.8 Å². The van der Waals surface area contributed by atoms with Crippen LogP contribution in [0.2, 0.25) is 0 Å². The van der Waals surface area contributed by atoms with Gasteiger partial charge in [-0.2, -0.15) is 0 Å². The van der Waals surface area contributed by atoms with Crippen molar-refractivity contribution in [1.82, 2.24) is 10.3 Å². The molecule has 0 aliphatic heterocycles. The van der Waals surface area contributed by atoms with Crippen LogP contribution in [0.15, 0.2) is 0 Å². The van der Waals surface area contributed by atoms with Gasteiger partial charge in [0.1, 0.15) is 0 Å². The zero-order chi connectivity index (χ0) is 15.2. The Hall–Kier alpha value is -0.650. The molecule has 2 rings (SSSR count). The maximum absolute atomic E-state index is 5.06. The first-order valence-corrected chi connectivity index (χ1v) is 8.86. The molecule has 0 saturated heterocycles. The normalized spacial score (nSPS) is 14.9. The quantitative estimate of drug-likeness (QED) is 0.673. The first-order chi connectivity index (χ1) is 10.1. The van der Waals surface area contributed by atoms with Crippen molar-refractivity contribution < 1.29 is 4.74 Å². The first-order valence-electron chi connectivity index (χ1n) is 8.04. The molecule has 5 heteroatoms. The number of thiazole rings is 1. The lowest BCUT2D eigenvalue weighted by molar-refractivity contribution is 0.199. The summed E-state index contributed by atoms with van der Waals surface area (Å²) in [6.45, 7) is 10.4. The fourth-order valence-corrected chi connectivity index (χ4v) is 3.42. The number of ether oxygens (including phenoxy) is 1. The molecular formula is C16H29N3OS. The molecule has 0 unspecified atom stereocenters. The Morgan fingerprint density at radius 2 is 2.19 bits per heavy atom. The van der Waals surface area contributed by atoms with Gasteiger partial charge in [0.05, 0.1) is 12.3 Å². The molecule has 0 bridgehead atoms. The predicted molar refractivity (Wildman–Crippen MR) is 90.3 cm³/mol. The van der Waals surface area contributed by atoms with Crippen molar-refractivity contribution in [3.05, 3.63) is 10.6 Å². The van der Waals surface area contributed by atoms with Gasteiger partial charge in [-0.15, -0.1) is 11.3 Å². The lowest BCUT2D eigenvalue weighted by Crippen LogP contribution is -2.27. The average Bonchev–Trinajstić information content (AvgIpc) is 3.20. The summed E-state index contributed by atoms with van der Waals surface area (Å²) >= 11 is 1.86. The summed E-state index contributed by atoms with van der Waals surface area (Å²) in [5.74, 6) is 0.752. The van der Waals surface area contributed by atoms with Crippen molar-refractivity contribution in [3.63, 3.8) is 0 Å². The SMILES string of the molecule is COCCNCc1sc(N(CCC(C)C)C2CC2)nc1C. The molecule has 1 saturated carbocycles. The van der Waals surface area contributed by atoms with E-state index >= 15 is 0 Å². The van der Waals surface area contributed by atoms with Crippen LogP contribution < -0.4 is 10.2 Å². The first kappa shape index (κ1) is 16.7. The van der Waals surface area contributed by atoms with E-state index in [1.54, 1.807) is 7.11 Å². The standard InChI is InChI=1S/C16H29N3OS/c1-12(2)7-9-19(14-5-6-14)16-18-13(3)15(21-16)11-17-8-10-20-4/h12,14,17H,5-11H2,1-4H3. The number of aromatic nitrogens is 1. The van der Waals surface area contributed by atoms with E-state index in [9.17, 15) is 0 Å². The van der Waals surface area contributed by atoms with Crippen molar-refractivity contribution >= 4 is 16.5 Å². The minimum Gasteiger partial charge on any atom is -0.383 e. The molecular weight excluding hydrogens is 282 g/mol. The largest absolute Gasteiger partial charge is 0.383 e. The summed E-state index contributed by atoms with van der Waals surface area (Å²) in [5, 5.41) is 4.64. The van der Waals surface area contributed by atoms with Gasteiger partial charge in [-0.25, -0.2) is 4.98 Å². The van der Waals surface area contributed by atoms with E-state index in [1.165, 1.54) is 35.0 Å². The van der Waals surface area contributed by atoms with E-state index in [1.807, 2.05) is 11.3 Å². The smallest absolute Gasteiger partial charge is 0.186 e. The predicted octanol–water partition coefficient (Wildman–Crippen LogP) is 3.20. The van der Waals surface area contributed by atoms with Crippen molar-refractivity contribution in [2.75, 3.05) is 31.7 Å². The number of rotatable bonds is 10. The van der Waals surface area contributed by atoms with Gasteiger partial charge in [0.2, 0.25) is 0 Å². The van der Waals surface area contributed by atoms with Crippen LogP contribution >= 0.6 is 11.3 Å². The second-order valence-corrected chi connectivity index (χ2v) is 7.34. The fourth-order valence-electron chi connectivity index (χ4n) is 2.29. The van der Waals surface area contributed by atoms with Gasteiger partial charge in [-0.05, 0) is 32.1 Å². The molecule has 1 aromatic rings. The molecule has 1 aliphatic carbocycles. The lowest BCUT2D eigenvalue weighted by Gasteiger charge is -2.22. The fraction of sp³-hybridized carbons (Fsp3) is 0.812. The number of methoxy groups -OCH3 is 1. The topological polar surface area (TPSA) is 37.4 Å². The highest BCUT2D eigenvalue weighted by Crippen LogP contribution is 2.35. The summed E-state index contributed by atoms with van der Waals surface area (Å²) in [5.41, 5.74) is 1.18. The summed E-state index contributed by atoms with van der Waals surface area (Å²) in [7, 11) is 1.74. The zero-order valence-corrected chi connectivity index (χ0v) is 14.6. The maximum atomic E-state index is 5.06. The second kappa shape index (κ2) is 8.11. The van der Waals surface area contributed by atoms with E-state index in [2.05, 4.69) is 31.0 Å². The van der Waals surface area contributed by atoms with E-state index in [-0.39, 0.29) is 0 Å². The van der Waals surface area contributed by atoms with Gasteiger partial charge < -0.3 is 15.0 Å². The van der Waals surface area contributed by atoms with E-state index in [0.717, 1.165) is 38.2 Å². The van der Waals surface area contributed by atoms with Gasteiger partial charge >= 0.3 is 0 Å². The van der Waals surface area contributed by atoms with Crippen molar-refractivity contribution in [2.24, 2.45) is 5.92 Å². The van der Waals surface area contributed by atoms with Crippen molar-refractivity contribution in [2.45, 2.75) is 52.6 Å². The number of anilines is 1. The second-order valence-electron chi connectivity index (χ2n) is 6.28. The van der Waals surface area contributed by atoms with Crippen molar-refractivity contribution in [1.29, 1.82) is 0 Å². The summed E-state index contributed by atoms with van der Waals surface area (Å²) in [6, 6.07) is 0.739. The van der Waals surface area contributed by atoms with Crippen LogP contribution in [0.5, 0.6) is 0 Å². The third-order valence-electron chi connectivity index (χ3n) is 3.83. The van der Waals surface area contributed by atoms with E-state index in [0.29, 0.717) is 0 Å². The molecule has 1 N–H and O–H groups in total. The number of hydrogen-bond acceptors (Lipinski definition) is 5. The molecule has 0 atom stereocenters. The van der Waals surface area contributed by atoms with Crippen LogP contribution in [0.1, 0.15) is 43.7 Å². The van der Waals surface area contributed by atoms with Crippen LogP contribution in [-0.4, -0.2) is 37.8 Å². The molecule has 21 heavy (non-hydrogen) atoms. The van der Waals surface area contributed by atoms with Crippen molar-refractivity contribution in [3.8, 4) is 0 Å². The Kier molecular flexibility index (Phi) is 6.45. The number of nitrogens with zero attached hydrogens (tertiary/aromatic N) is 2. The van der Waals surface area contributed by atoms with Gasteiger partial charge in [0.15, 0.2) is 5.13 Å². The summed E-state index contributed by atoms with van der Waals surface area (Å²) in [6.07, 6.45) is 3.91. The minimum atomic E-state index is 0.739. The molecule has 1 aromatic heterocycles. The molecule has 4 nitrogen and oxygen atoms in total.